The van der Waals surface area contributed by atoms with Crippen LogP contribution in [0.5, 0.6) is 0 Å². The highest BCUT2D eigenvalue weighted by atomic mass is 32.2. The van der Waals surface area contributed by atoms with Gasteiger partial charge in [0.05, 0.1) is 16.8 Å². The van der Waals surface area contributed by atoms with E-state index >= 15 is 0 Å². The summed E-state index contributed by atoms with van der Waals surface area (Å²) in [6, 6.07) is 13.9. The molecule has 0 spiro atoms. The largest absolute Gasteiger partial charge is 0.433 e. The maximum Gasteiger partial charge on any atom is 0.433 e. The summed E-state index contributed by atoms with van der Waals surface area (Å²) in [4.78, 5) is 11.3. The van der Waals surface area contributed by atoms with E-state index in [1.54, 1.807) is 18.2 Å². The van der Waals surface area contributed by atoms with Crippen molar-refractivity contribution in [3.05, 3.63) is 71.9 Å². The van der Waals surface area contributed by atoms with E-state index in [-0.39, 0.29) is 11.6 Å². The first-order chi connectivity index (χ1) is 14.3. The lowest BCUT2D eigenvalue weighted by atomic mass is 10.2. The third kappa shape index (κ3) is 4.65. The molecule has 0 aliphatic heterocycles. The van der Waals surface area contributed by atoms with E-state index in [1.807, 2.05) is 12.1 Å². The monoisotopic (exact) mass is 433 g/mol. The van der Waals surface area contributed by atoms with Crippen molar-refractivity contribution in [2.75, 3.05) is 11.1 Å². The third-order valence-corrected chi connectivity index (χ3v) is 5.12. The predicted octanol–water partition coefficient (Wildman–Crippen LogP) is 5.73. The quantitative estimate of drug-likeness (QED) is 0.277. The molecule has 0 aliphatic rings. The van der Waals surface area contributed by atoms with E-state index in [0.717, 1.165) is 17.3 Å². The summed E-state index contributed by atoms with van der Waals surface area (Å²) >= 11 is 1.17. The molecule has 0 saturated heterocycles. The lowest BCUT2D eigenvalue weighted by Gasteiger charge is -2.08. The highest BCUT2D eigenvalue weighted by molar-refractivity contribution is 7.98. The molecule has 0 atom stereocenters. The van der Waals surface area contributed by atoms with Gasteiger partial charge in [0, 0.05) is 16.3 Å². The second-order valence-electron chi connectivity index (χ2n) is 6.45. The van der Waals surface area contributed by atoms with Gasteiger partial charge in [0.1, 0.15) is 23.2 Å². The van der Waals surface area contributed by atoms with Gasteiger partial charge in [-0.3, -0.25) is 0 Å². The number of rotatable bonds is 5. The molecule has 0 radical (unpaired) electrons. The molecule has 2 aromatic heterocycles. The average molecular weight is 433 g/mol. The van der Waals surface area contributed by atoms with Crippen molar-refractivity contribution < 1.29 is 17.6 Å². The zero-order valence-corrected chi connectivity index (χ0v) is 16.1. The molecular weight excluding hydrogens is 418 g/mol. The Morgan fingerprint density at radius 2 is 1.80 bits per heavy atom. The Bertz CT molecular complexity index is 1210. The van der Waals surface area contributed by atoms with Crippen LogP contribution in [0.15, 0.2) is 59.5 Å². The molecule has 0 fully saturated rings. The molecular formula is C20H15F4N5S. The van der Waals surface area contributed by atoms with Crippen LogP contribution in [-0.2, 0) is 11.9 Å². The molecule has 0 unspecified atom stereocenters. The third-order valence-electron chi connectivity index (χ3n) is 4.13. The molecule has 30 heavy (non-hydrogen) atoms. The number of anilines is 3. The fourth-order valence-electron chi connectivity index (χ4n) is 2.84. The van der Waals surface area contributed by atoms with Crippen molar-refractivity contribution in [3.63, 3.8) is 0 Å². The summed E-state index contributed by atoms with van der Waals surface area (Å²) in [5.41, 5.74) is 7.27. The first-order valence-electron chi connectivity index (χ1n) is 8.75. The van der Waals surface area contributed by atoms with Gasteiger partial charge in [-0.25, -0.2) is 14.4 Å². The summed E-state index contributed by atoms with van der Waals surface area (Å²) in [5, 5.41) is 3.10. The standard InChI is InChI=1S/C20H15F4N5S/c21-11-2-1-3-12(6-11)26-13-4-5-15-16(7-13)28-19(27-15)10-30-14-8-17(20(22,23)24)29-18(25)9-14/h1-9,26H,10H2,(H2,25,29)(H,27,28). The molecule has 4 aromatic rings. The summed E-state index contributed by atoms with van der Waals surface area (Å²) in [7, 11) is 0. The molecule has 0 bridgehead atoms. The number of thioether (sulfide) groups is 1. The Morgan fingerprint density at radius 1 is 1.00 bits per heavy atom. The second-order valence-corrected chi connectivity index (χ2v) is 7.50. The SMILES string of the molecule is Nc1cc(SCc2nc3cc(Nc4cccc(F)c4)ccc3[nH]2)cc(C(F)(F)F)n1. The normalized spacial score (nSPS) is 11.7. The molecule has 4 rings (SSSR count). The van der Waals surface area contributed by atoms with Gasteiger partial charge in [0.15, 0.2) is 0 Å². The molecule has 0 aliphatic carbocycles. The number of aromatic amines is 1. The van der Waals surface area contributed by atoms with Crippen LogP contribution >= 0.6 is 11.8 Å². The van der Waals surface area contributed by atoms with Crippen molar-refractivity contribution in [3.8, 4) is 0 Å². The van der Waals surface area contributed by atoms with Crippen molar-refractivity contribution >= 4 is 40.0 Å². The number of alkyl halides is 3. The van der Waals surface area contributed by atoms with Crippen LogP contribution in [0.1, 0.15) is 11.5 Å². The Kier molecular flexibility index (Phi) is 5.25. The Labute approximate surface area is 172 Å². The zero-order valence-electron chi connectivity index (χ0n) is 15.3. The number of benzene rings is 2. The van der Waals surface area contributed by atoms with Gasteiger partial charge < -0.3 is 16.0 Å². The number of halogens is 4. The summed E-state index contributed by atoms with van der Waals surface area (Å²) < 4.78 is 52.0. The first kappa shape index (κ1) is 20.0. The smallest absolute Gasteiger partial charge is 0.384 e. The summed E-state index contributed by atoms with van der Waals surface area (Å²) in [6.07, 6.45) is -4.56. The van der Waals surface area contributed by atoms with Crippen LogP contribution in [0.3, 0.4) is 0 Å². The molecule has 154 valence electrons. The average Bonchev–Trinajstić information content (AvgIpc) is 3.07. The van der Waals surface area contributed by atoms with Gasteiger partial charge in [0.25, 0.3) is 0 Å². The van der Waals surface area contributed by atoms with Crippen molar-refractivity contribution in [2.24, 2.45) is 0 Å². The van der Waals surface area contributed by atoms with Crippen LogP contribution in [0, 0.1) is 5.82 Å². The minimum Gasteiger partial charge on any atom is -0.384 e. The van der Waals surface area contributed by atoms with Gasteiger partial charge in [-0.1, -0.05) is 6.07 Å². The number of nitrogens with two attached hydrogens (primary N) is 1. The minimum absolute atomic E-state index is 0.190. The first-order valence-corrected chi connectivity index (χ1v) is 9.74. The van der Waals surface area contributed by atoms with Crippen LogP contribution in [0.2, 0.25) is 0 Å². The van der Waals surface area contributed by atoms with Gasteiger partial charge in [-0.2, -0.15) is 13.2 Å². The number of nitrogen functional groups attached to an aromatic ring is 1. The maximum absolute atomic E-state index is 13.3. The van der Waals surface area contributed by atoms with Crippen molar-refractivity contribution in [1.82, 2.24) is 15.0 Å². The number of imidazole rings is 1. The van der Waals surface area contributed by atoms with Crippen molar-refractivity contribution in [1.29, 1.82) is 0 Å². The zero-order chi connectivity index (χ0) is 21.3. The Hall–Kier alpha value is -3.27. The number of nitrogens with zero attached hydrogens (tertiary/aromatic N) is 2. The van der Waals surface area contributed by atoms with Crippen LogP contribution in [0.25, 0.3) is 11.0 Å². The number of nitrogens with one attached hydrogen (secondary N) is 2. The molecule has 0 saturated carbocycles. The van der Waals surface area contributed by atoms with Crippen LogP contribution < -0.4 is 11.1 Å². The number of H-pyrrole nitrogens is 1. The second kappa shape index (κ2) is 7.86. The number of hydrogen-bond acceptors (Lipinski definition) is 5. The predicted molar refractivity (Wildman–Crippen MR) is 109 cm³/mol. The lowest BCUT2D eigenvalue weighted by Crippen LogP contribution is -2.09. The molecule has 0 amide bonds. The number of aromatic nitrogens is 3. The molecule has 5 nitrogen and oxygen atoms in total. The van der Waals surface area contributed by atoms with E-state index in [9.17, 15) is 17.6 Å². The van der Waals surface area contributed by atoms with E-state index in [2.05, 4.69) is 20.3 Å². The Morgan fingerprint density at radius 3 is 2.57 bits per heavy atom. The molecule has 10 heteroatoms. The highest BCUT2D eigenvalue weighted by Crippen LogP contribution is 2.33. The van der Waals surface area contributed by atoms with E-state index < -0.39 is 11.9 Å². The highest BCUT2D eigenvalue weighted by Gasteiger charge is 2.33. The number of fused-ring (bicyclic) bond motifs is 1. The van der Waals surface area contributed by atoms with Gasteiger partial charge >= 0.3 is 6.18 Å². The van der Waals surface area contributed by atoms with Crippen LogP contribution in [-0.4, -0.2) is 15.0 Å². The maximum atomic E-state index is 13.3. The number of hydrogen-bond donors (Lipinski definition) is 3. The molecule has 4 N–H and O–H groups in total. The van der Waals surface area contributed by atoms with E-state index in [1.165, 1.54) is 30.0 Å². The lowest BCUT2D eigenvalue weighted by molar-refractivity contribution is -0.141. The fourth-order valence-corrected chi connectivity index (χ4v) is 3.68. The Balaban J connectivity index is 1.50. The van der Waals surface area contributed by atoms with E-state index in [0.29, 0.717) is 27.7 Å². The van der Waals surface area contributed by atoms with E-state index in [4.69, 9.17) is 5.73 Å². The van der Waals surface area contributed by atoms with Crippen LogP contribution in [0.4, 0.5) is 34.8 Å². The minimum atomic E-state index is -4.56. The molecule has 2 heterocycles. The summed E-state index contributed by atoms with van der Waals surface area (Å²) in [5.74, 6) is 0.389. The van der Waals surface area contributed by atoms with Crippen molar-refractivity contribution in [2.45, 2.75) is 16.8 Å². The van der Waals surface area contributed by atoms with Gasteiger partial charge in [-0.15, -0.1) is 11.8 Å². The van der Waals surface area contributed by atoms with Gasteiger partial charge in [0.2, 0.25) is 0 Å². The van der Waals surface area contributed by atoms with Gasteiger partial charge in [-0.05, 0) is 48.5 Å². The fraction of sp³-hybridized carbons (Fsp3) is 0.100. The summed E-state index contributed by atoms with van der Waals surface area (Å²) in [6.45, 7) is 0. The molecule has 2 aromatic carbocycles. The topological polar surface area (TPSA) is 79.6 Å². The number of pyridine rings is 1.